The molecule has 2 atom stereocenters. The number of hydrogen-bond donors (Lipinski definition) is 2. The predicted octanol–water partition coefficient (Wildman–Crippen LogP) is 2.19. The van der Waals surface area contributed by atoms with Crippen LogP contribution in [0.15, 0.2) is 55.3 Å². The number of nitrogens with one attached hydrogen (secondary N) is 1. The zero-order valence-corrected chi connectivity index (χ0v) is 14.3. The van der Waals surface area contributed by atoms with Crippen molar-refractivity contribution in [3.05, 3.63) is 72.1 Å². The number of rotatable bonds is 9. The van der Waals surface area contributed by atoms with E-state index in [2.05, 4.69) is 60.7 Å². The molecule has 1 aromatic heterocycles. The summed E-state index contributed by atoms with van der Waals surface area (Å²) in [6, 6.07) is 12.8. The van der Waals surface area contributed by atoms with E-state index < -0.39 is 0 Å². The summed E-state index contributed by atoms with van der Waals surface area (Å²) in [5.41, 5.74) is 3.97. The smallest absolute Gasteiger partial charge is 0.118 e. The number of aryl methyl sites for hydroxylation is 1. The molecule has 124 valence electrons. The van der Waals surface area contributed by atoms with Gasteiger partial charge in [-0.3, -0.25) is 0 Å². The van der Waals surface area contributed by atoms with Crippen molar-refractivity contribution in [2.45, 2.75) is 39.5 Å². The van der Waals surface area contributed by atoms with E-state index in [1.807, 2.05) is 13.0 Å². The summed E-state index contributed by atoms with van der Waals surface area (Å²) >= 11 is 0. The van der Waals surface area contributed by atoms with Gasteiger partial charge in [-0.1, -0.05) is 37.8 Å². The Kier molecular flexibility index (Phi) is 6.63. The summed E-state index contributed by atoms with van der Waals surface area (Å²) < 4.78 is 2.31. The van der Waals surface area contributed by atoms with Crippen LogP contribution < -0.4 is 4.90 Å². The highest BCUT2D eigenvalue weighted by Gasteiger charge is 2.15. The van der Waals surface area contributed by atoms with Crippen molar-refractivity contribution in [1.29, 1.82) is 0 Å². The third kappa shape index (κ3) is 5.08. The van der Waals surface area contributed by atoms with Gasteiger partial charge in [0.25, 0.3) is 0 Å². The highest BCUT2D eigenvalue weighted by Crippen LogP contribution is 2.11. The minimum absolute atomic E-state index is 0.246. The largest absolute Gasteiger partial charge is 0.387 e. The number of hydrogen-bond acceptors (Lipinski definition) is 1. The van der Waals surface area contributed by atoms with Gasteiger partial charge in [-0.2, -0.15) is 0 Å². The Hall–Kier alpha value is -1.84. The summed E-state index contributed by atoms with van der Waals surface area (Å²) in [5.74, 6) is 0. The summed E-state index contributed by atoms with van der Waals surface area (Å²) in [6.07, 6.45) is 4.63. The van der Waals surface area contributed by atoms with E-state index in [0.29, 0.717) is 0 Å². The fourth-order valence-electron chi connectivity index (χ4n) is 2.90. The molecular formula is C20H29N2O+. The molecule has 0 aliphatic heterocycles. The molecule has 0 saturated carbocycles. The van der Waals surface area contributed by atoms with Crippen LogP contribution in [0.25, 0.3) is 0 Å². The van der Waals surface area contributed by atoms with Crippen LogP contribution in [-0.2, 0) is 13.1 Å². The van der Waals surface area contributed by atoms with E-state index in [1.54, 1.807) is 0 Å². The van der Waals surface area contributed by atoms with Crippen molar-refractivity contribution >= 4 is 0 Å². The lowest BCUT2D eigenvalue weighted by Crippen LogP contribution is -3.11. The molecule has 0 aliphatic rings. The van der Waals surface area contributed by atoms with Gasteiger partial charge < -0.3 is 14.6 Å². The second-order valence-corrected chi connectivity index (χ2v) is 6.24. The van der Waals surface area contributed by atoms with Crippen molar-refractivity contribution in [2.24, 2.45) is 0 Å². The van der Waals surface area contributed by atoms with Crippen LogP contribution in [0.5, 0.6) is 0 Å². The van der Waals surface area contributed by atoms with Crippen LogP contribution in [-0.4, -0.2) is 28.9 Å². The molecule has 3 heteroatoms. The first-order valence-corrected chi connectivity index (χ1v) is 8.45. The normalized spacial score (nSPS) is 13.7. The lowest BCUT2D eigenvalue weighted by atomic mass is 10.1. The molecule has 0 radical (unpaired) electrons. The predicted molar refractivity (Wildman–Crippen MR) is 95.6 cm³/mol. The molecule has 3 nitrogen and oxygen atoms in total. The van der Waals surface area contributed by atoms with Crippen molar-refractivity contribution in [3.63, 3.8) is 0 Å². The summed E-state index contributed by atoms with van der Waals surface area (Å²) in [7, 11) is 0. The van der Waals surface area contributed by atoms with Gasteiger partial charge in [-0.25, -0.2) is 0 Å². The Morgan fingerprint density at radius 1 is 1.26 bits per heavy atom. The van der Waals surface area contributed by atoms with Crippen LogP contribution in [0, 0.1) is 6.92 Å². The fraction of sp³-hybridized carbons (Fsp3) is 0.400. The summed E-state index contributed by atoms with van der Waals surface area (Å²) in [5, 5.41) is 9.96. The van der Waals surface area contributed by atoms with E-state index in [9.17, 15) is 5.11 Å². The average Bonchev–Trinajstić information content (AvgIpc) is 2.96. The number of nitrogens with zero attached hydrogens (tertiary/aromatic N) is 1. The van der Waals surface area contributed by atoms with Gasteiger partial charge in [0, 0.05) is 12.7 Å². The zero-order valence-electron chi connectivity index (χ0n) is 14.3. The lowest BCUT2D eigenvalue weighted by Gasteiger charge is -2.21. The minimum Gasteiger partial charge on any atom is -0.387 e. The van der Waals surface area contributed by atoms with E-state index in [4.69, 9.17) is 0 Å². The number of quaternary nitrogens is 1. The Bertz CT molecular complexity index is 618. The topological polar surface area (TPSA) is 29.6 Å². The molecule has 0 aliphatic carbocycles. The van der Waals surface area contributed by atoms with Crippen LogP contribution in [0.4, 0.5) is 0 Å². The molecule has 0 saturated heterocycles. The maximum absolute atomic E-state index is 9.96. The Morgan fingerprint density at radius 3 is 2.74 bits per heavy atom. The molecule has 0 spiro atoms. The molecular weight excluding hydrogens is 284 g/mol. The van der Waals surface area contributed by atoms with Gasteiger partial charge in [0.2, 0.25) is 0 Å². The molecule has 1 heterocycles. The van der Waals surface area contributed by atoms with E-state index in [-0.39, 0.29) is 6.10 Å². The summed E-state index contributed by atoms with van der Waals surface area (Å²) in [4.78, 5) is 1.35. The minimum atomic E-state index is -0.246. The molecule has 0 amide bonds. The van der Waals surface area contributed by atoms with Crippen LogP contribution >= 0.6 is 0 Å². The maximum atomic E-state index is 9.96. The fourth-order valence-corrected chi connectivity index (χ4v) is 2.90. The molecule has 1 unspecified atom stereocenters. The van der Waals surface area contributed by atoms with Gasteiger partial charge >= 0.3 is 0 Å². The third-order valence-electron chi connectivity index (χ3n) is 4.39. The van der Waals surface area contributed by atoms with Gasteiger partial charge in [0.05, 0.1) is 12.2 Å². The van der Waals surface area contributed by atoms with Gasteiger partial charge in [-0.05, 0) is 42.7 Å². The lowest BCUT2D eigenvalue weighted by molar-refractivity contribution is -0.911. The van der Waals surface area contributed by atoms with Crippen molar-refractivity contribution in [3.8, 4) is 0 Å². The molecule has 2 aromatic rings. The van der Waals surface area contributed by atoms with Crippen molar-refractivity contribution < 1.29 is 10.0 Å². The van der Waals surface area contributed by atoms with E-state index >= 15 is 0 Å². The highest BCUT2D eigenvalue weighted by molar-refractivity contribution is 5.26. The molecule has 0 bridgehead atoms. The molecule has 2 N–H and O–H groups in total. The standard InChI is InChI=1S/C20H28N2O/c1-4-12-21(16-20(23)5-2)15-19-11-8-13-22(19)14-18-10-7-6-9-17(18)3/h4,6-11,13,20,23H,1,5,12,14-16H2,2-3H3/p+1/t20-/m0/s1. The van der Waals surface area contributed by atoms with Crippen LogP contribution in [0.2, 0.25) is 0 Å². The Balaban J connectivity index is 2.10. The van der Waals surface area contributed by atoms with Gasteiger partial charge in [0.15, 0.2) is 0 Å². The zero-order chi connectivity index (χ0) is 16.7. The van der Waals surface area contributed by atoms with Crippen molar-refractivity contribution in [2.75, 3.05) is 13.1 Å². The number of benzene rings is 1. The van der Waals surface area contributed by atoms with Gasteiger partial charge in [0.1, 0.15) is 19.2 Å². The molecule has 1 aromatic carbocycles. The van der Waals surface area contributed by atoms with Gasteiger partial charge in [-0.15, -0.1) is 0 Å². The first-order chi connectivity index (χ1) is 11.1. The SMILES string of the molecule is C=CC[NH+](Cc1cccn1Cc1ccccc1C)C[C@@H](O)CC. The first kappa shape index (κ1) is 17.5. The number of aliphatic hydroxyl groups excluding tert-OH is 1. The van der Waals surface area contributed by atoms with Crippen molar-refractivity contribution in [1.82, 2.24) is 4.57 Å². The Morgan fingerprint density at radius 2 is 2.04 bits per heavy atom. The average molecular weight is 313 g/mol. The summed E-state index contributed by atoms with van der Waals surface area (Å²) in [6.45, 7) is 11.5. The molecule has 23 heavy (non-hydrogen) atoms. The number of aliphatic hydroxyl groups is 1. The third-order valence-corrected chi connectivity index (χ3v) is 4.39. The van der Waals surface area contributed by atoms with Crippen LogP contribution in [0.3, 0.4) is 0 Å². The number of aromatic nitrogens is 1. The highest BCUT2D eigenvalue weighted by atomic mass is 16.3. The van der Waals surface area contributed by atoms with E-state index in [0.717, 1.165) is 32.6 Å². The van der Waals surface area contributed by atoms with E-state index in [1.165, 1.54) is 21.7 Å². The molecule has 2 rings (SSSR count). The van der Waals surface area contributed by atoms with Crippen LogP contribution in [0.1, 0.15) is 30.2 Å². The Labute approximate surface area is 139 Å². The first-order valence-electron chi connectivity index (χ1n) is 8.45. The monoisotopic (exact) mass is 313 g/mol. The quantitative estimate of drug-likeness (QED) is 0.683. The second kappa shape index (κ2) is 8.70. The molecule has 0 fully saturated rings. The second-order valence-electron chi connectivity index (χ2n) is 6.24. The maximum Gasteiger partial charge on any atom is 0.118 e.